The normalized spacial score (nSPS) is 13.1. The summed E-state index contributed by atoms with van der Waals surface area (Å²) in [5, 5.41) is 0. The van der Waals surface area contributed by atoms with Gasteiger partial charge in [-0.3, -0.25) is 0 Å². The van der Waals surface area contributed by atoms with Crippen LogP contribution in [-0.2, 0) is 11.2 Å². The maximum absolute atomic E-state index is 14.0. The van der Waals surface area contributed by atoms with E-state index in [1.807, 2.05) is 31.2 Å². The Labute approximate surface area is 199 Å². The molecule has 2 aromatic carbocycles. The molecule has 0 saturated heterocycles. The average Bonchev–Trinajstić information content (AvgIpc) is 2.77. The SMILES string of the molecule is COc1ccc(CC/C=C(\C)CCC(OC(=O)c2cc(F)c(F)c(F)c2F)C(C)(C)Br)cc1. The number of allylic oxidation sites excluding steroid dienone is 2. The Balaban J connectivity index is 2.00. The maximum Gasteiger partial charge on any atom is 0.341 e. The Morgan fingerprint density at radius 1 is 1.09 bits per heavy atom. The van der Waals surface area contributed by atoms with Crippen molar-refractivity contribution in [2.75, 3.05) is 7.11 Å². The lowest BCUT2D eigenvalue weighted by Crippen LogP contribution is -2.35. The third-order valence-electron chi connectivity index (χ3n) is 5.22. The van der Waals surface area contributed by atoms with E-state index in [1.165, 1.54) is 5.56 Å². The number of halogens is 5. The van der Waals surface area contributed by atoms with Crippen molar-refractivity contribution in [2.45, 2.75) is 56.9 Å². The molecule has 0 bridgehead atoms. The van der Waals surface area contributed by atoms with Crippen molar-refractivity contribution >= 4 is 21.9 Å². The summed E-state index contributed by atoms with van der Waals surface area (Å²) in [5.74, 6) is -7.92. The molecule has 0 aromatic heterocycles. The van der Waals surface area contributed by atoms with E-state index in [2.05, 4.69) is 22.0 Å². The van der Waals surface area contributed by atoms with Crippen molar-refractivity contribution in [1.82, 2.24) is 0 Å². The number of hydrogen-bond donors (Lipinski definition) is 0. The van der Waals surface area contributed by atoms with E-state index in [-0.39, 0.29) is 0 Å². The van der Waals surface area contributed by atoms with Crippen LogP contribution in [0.4, 0.5) is 17.6 Å². The van der Waals surface area contributed by atoms with E-state index in [1.54, 1.807) is 21.0 Å². The lowest BCUT2D eigenvalue weighted by molar-refractivity contribution is 0.0207. The Morgan fingerprint density at radius 2 is 1.73 bits per heavy atom. The first kappa shape index (κ1) is 26.9. The molecule has 0 radical (unpaired) electrons. The van der Waals surface area contributed by atoms with Crippen molar-refractivity contribution in [3.63, 3.8) is 0 Å². The molecule has 1 unspecified atom stereocenters. The molecule has 2 aromatic rings. The predicted molar refractivity (Wildman–Crippen MR) is 123 cm³/mol. The molecule has 180 valence electrons. The predicted octanol–water partition coefficient (Wildman–Crippen LogP) is 7.31. The second-order valence-electron chi connectivity index (χ2n) is 8.28. The summed E-state index contributed by atoms with van der Waals surface area (Å²) >= 11 is 3.44. The summed E-state index contributed by atoms with van der Waals surface area (Å²) < 4.78 is 63.9. The van der Waals surface area contributed by atoms with Crippen molar-refractivity contribution in [2.24, 2.45) is 0 Å². The largest absolute Gasteiger partial charge is 0.497 e. The zero-order valence-corrected chi connectivity index (χ0v) is 20.6. The van der Waals surface area contributed by atoms with Crippen LogP contribution in [0.3, 0.4) is 0 Å². The third kappa shape index (κ3) is 7.59. The van der Waals surface area contributed by atoms with Crippen LogP contribution in [0.25, 0.3) is 0 Å². The van der Waals surface area contributed by atoms with Gasteiger partial charge in [0.25, 0.3) is 0 Å². The second-order valence-corrected chi connectivity index (χ2v) is 10.3. The molecule has 0 fully saturated rings. The molecular weight excluding hydrogens is 504 g/mol. The Bertz CT molecular complexity index is 998. The minimum absolute atomic E-state index is 0.304. The maximum atomic E-state index is 14.0. The summed E-state index contributed by atoms with van der Waals surface area (Å²) in [6.07, 6.45) is 4.01. The van der Waals surface area contributed by atoms with Crippen molar-refractivity contribution in [3.8, 4) is 5.75 Å². The highest BCUT2D eigenvalue weighted by Crippen LogP contribution is 2.30. The van der Waals surface area contributed by atoms with Crippen molar-refractivity contribution < 1.29 is 31.8 Å². The molecule has 0 aliphatic carbocycles. The van der Waals surface area contributed by atoms with Crippen LogP contribution >= 0.6 is 15.9 Å². The average molecular weight is 531 g/mol. The van der Waals surface area contributed by atoms with Gasteiger partial charge >= 0.3 is 5.97 Å². The van der Waals surface area contributed by atoms with E-state index < -0.39 is 45.2 Å². The molecule has 33 heavy (non-hydrogen) atoms. The fraction of sp³-hybridized carbons (Fsp3) is 0.400. The van der Waals surface area contributed by atoms with Crippen LogP contribution in [0, 0.1) is 23.3 Å². The Hall–Kier alpha value is -2.35. The van der Waals surface area contributed by atoms with Gasteiger partial charge in [0.2, 0.25) is 0 Å². The van der Waals surface area contributed by atoms with Gasteiger partial charge in [-0.2, -0.15) is 0 Å². The molecule has 8 heteroatoms. The number of aryl methyl sites for hydroxylation is 1. The second kappa shape index (κ2) is 11.7. The van der Waals surface area contributed by atoms with Gasteiger partial charge in [0.15, 0.2) is 23.3 Å². The molecule has 0 heterocycles. The summed E-state index contributed by atoms with van der Waals surface area (Å²) in [5.41, 5.74) is 1.26. The highest BCUT2D eigenvalue weighted by atomic mass is 79.9. The third-order valence-corrected chi connectivity index (χ3v) is 5.73. The van der Waals surface area contributed by atoms with Crippen LogP contribution in [0.15, 0.2) is 42.0 Å². The number of benzene rings is 2. The molecule has 0 saturated carbocycles. The number of alkyl halides is 1. The minimum atomic E-state index is -2.05. The van der Waals surface area contributed by atoms with Crippen molar-refractivity contribution in [3.05, 3.63) is 76.4 Å². The summed E-state index contributed by atoms with van der Waals surface area (Å²) in [6.45, 7) is 5.48. The number of rotatable bonds is 10. The van der Waals surface area contributed by atoms with Gasteiger partial charge < -0.3 is 9.47 Å². The van der Waals surface area contributed by atoms with Crippen molar-refractivity contribution in [1.29, 1.82) is 0 Å². The quantitative estimate of drug-likeness (QED) is 0.0806. The van der Waals surface area contributed by atoms with Crippen LogP contribution in [0.1, 0.15) is 56.0 Å². The van der Waals surface area contributed by atoms with Crippen LogP contribution in [0.5, 0.6) is 5.75 Å². The van der Waals surface area contributed by atoms with Gasteiger partial charge in [-0.25, -0.2) is 22.4 Å². The highest BCUT2D eigenvalue weighted by molar-refractivity contribution is 9.10. The van der Waals surface area contributed by atoms with E-state index in [9.17, 15) is 22.4 Å². The molecule has 0 spiro atoms. The molecular formula is C25H27BrF4O3. The molecule has 2 rings (SSSR count). The Kier molecular flexibility index (Phi) is 9.52. The van der Waals surface area contributed by atoms with Gasteiger partial charge in [0, 0.05) is 0 Å². The summed E-state index contributed by atoms with van der Waals surface area (Å²) in [7, 11) is 1.62. The lowest BCUT2D eigenvalue weighted by Gasteiger charge is -2.29. The number of carbonyl (C=O) groups excluding carboxylic acids is 1. The molecule has 1 atom stereocenters. The standard InChI is InChI=1S/C25H27BrF4O3/c1-15(6-5-7-16-9-11-17(32-4)12-10-16)8-13-20(25(2,3)26)33-24(31)18-14-19(27)22(29)23(30)21(18)28/h6,9-12,14,20H,5,7-8,13H2,1-4H3/b15-6+. The van der Waals surface area contributed by atoms with Crippen LogP contribution in [0.2, 0.25) is 0 Å². The zero-order chi connectivity index (χ0) is 24.8. The Morgan fingerprint density at radius 3 is 2.30 bits per heavy atom. The molecule has 0 amide bonds. The number of hydrogen-bond acceptors (Lipinski definition) is 3. The van der Waals surface area contributed by atoms with Gasteiger partial charge in [-0.05, 0) is 70.2 Å². The lowest BCUT2D eigenvalue weighted by atomic mass is 9.98. The minimum Gasteiger partial charge on any atom is -0.497 e. The monoisotopic (exact) mass is 530 g/mol. The first-order valence-corrected chi connectivity index (χ1v) is 11.2. The first-order valence-electron chi connectivity index (χ1n) is 10.5. The molecule has 0 N–H and O–H groups in total. The molecule has 3 nitrogen and oxygen atoms in total. The van der Waals surface area contributed by atoms with Gasteiger partial charge in [-0.15, -0.1) is 0 Å². The fourth-order valence-corrected chi connectivity index (χ4v) is 3.52. The van der Waals surface area contributed by atoms with Crippen LogP contribution < -0.4 is 4.74 Å². The van der Waals surface area contributed by atoms with E-state index >= 15 is 0 Å². The van der Waals surface area contributed by atoms with E-state index in [4.69, 9.17) is 9.47 Å². The summed E-state index contributed by atoms with van der Waals surface area (Å²) in [6, 6.07) is 8.13. The number of methoxy groups -OCH3 is 1. The summed E-state index contributed by atoms with van der Waals surface area (Å²) in [4.78, 5) is 12.4. The number of esters is 1. The molecule has 0 aliphatic rings. The van der Waals surface area contributed by atoms with Gasteiger partial charge in [-0.1, -0.05) is 39.7 Å². The number of carbonyl (C=O) groups is 1. The topological polar surface area (TPSA) is 35.5 Å². The smallest absolute Gasteiger partial charge is 0.341 e. The zero-order valence-electron chi connectivity index (χ0n) is 19.0. The first-order chi connectivity index (χ1) is 15.4. The molecule has 0 aliphatic heterocycles. The van der Waals surface area contributed by atoms with Gasteiger partial charge in [0.05, 0.1) is 11.4 Å². The van der Waals surface area contributed by atoms with E-state index in [0.717, 1.165) is 24.2 Å². The fourth-order valence-electron chi connectivity index (χ4n) is 3.19. The number of ether oxygens (including phenoxy) is 2. The highest BCUT2D eigenvalue weighted by Gasteiger charge is 2.32. The van der Waals surface area contributed by atoms with E-state index in [0.29, 0.717) is 18.9 Å². The van der Waals surface area contributed by atoms with Crippen LogP contribution in [-0.4, -0.2) is 23.5 Å². The van der Waals surface area contributed by atoms with Gasteiger partial charge in [0.1, 0.15) is 17.4 Å².